The van der Waals surface area contributed by atoms with Crippen molar-refractivity contribution in [2.45, 2.75) is 51.6 Å². The molecule has 1 aliphatic rings. The predicted molar refractivity (Wildman–Crippen MR) is 79.6 cm³/mol. The highest BCUT2D eigenvalue weighted by atomic mass is 16.2. The molecular formula is C16H21N3O. The summed E-state index contributed by atoms with van der Waals surface area (Å²) in [4.78, 5) is 16.9. The molecule has 1 heterocycles. The van der Waals surface area contributed by atoms with Gasteiger partial charge in [-0.1, -0.05) is 12.1 Å². The fourth-order valence-electron chi connectivity index (χ4n) is 2.51. The van der Waals surface area contributed by atoms with Crippen LogP contribution in [0.1, 0.15) is 45.4 Å². The van der Waals surface area contributed by atoms with Crippen molar-refractivity contribution in [1.29, 1.82) is 0 Å². The van der Waals surface area contributed by atoms with E-state index < -0.39 is 0 Å². The average Bonchev–Trinajstić information content (AvgIpc) is 3.12. The van der Waals surface area contributed by atoms with Gasteiger partial charge in [-0.25, -0.2) is 4.98 Å². The van der Waals surface area contributed by atoms with Crippen LogP contribution in [-0.4, -0.2) is 21.0 Å². The third kappa shape index (κ3) is 2.69. The Morgan fingerprint density at radius 3 is 2.70 bits per heavy atom. The summed E-state index contributed by atoms with van der Waals surface area (Å²) in [7, 11) is 0. The van der Waals surface area contributed by atoms with E-state index in [0.717, 1.165) is 16.9 Å². The van der Waals surface area contributed by atoms with Gasteiger partial charge in [-0.3, -0.25) is 4.79 Å². The molecule has 0 radical (unpaired) electrons. The van der Waals surface area contributed by atoms with Crippen molar-refractivity contribution in [1.82, 2.24) is 14.9 Å². The number of para-hydroxylation sites is 2. The van der Waals surface area contributed by atoms with Crippen molar-refractivity contribution in [3.8, 4) is 0 Å². The lowest BCUT2D eigenvalue weighted by molar-refractivity contribution is -0.123. The number of carbonyl (C=O) groups is 1. The summed E-state index contributed by atoms with van der Waals surface area (Å²) < 4.78 is 2.08. The number of fused-ring (bicyclic) bond motifs is 1. The van der Waals surface area contributed by atoms with E-state index in [9.17, 15) is 4.79 Å². The van der Waals surface area contributed by atoms with Gasteiger partial charge in [0, 0.05) is 11.5 Å². The van der Waals surface area contributed by atoms with Gasteiger partial charge in [0.1, 0.15) is 12.4 Å². The molecule has 0 bridgehead atoms. The van der Waals surface area contributed by atoms with Gasteiger partial charge in [-0.2, -0.15) is 0 Å². The van der Waals surface area contributed by atoms with Crippen LogP contribution in [0, 0.1) is 0 Å². The topological polar surface area (TPSA) is 46.9 Å². The van der Waals surface area contributed by atoms with Gasteiger partial charge in [-0.15, -0.1) is 0 Å². The maximum absolute atomic E-state index is 12.2. The molecular weight excluding hydrogens is 250 g/mol. The second-order valence-electron chi connectivity index (χ2n) is 6.62. The highest BCUT2D eigenvalue weighted by Gasteiger charge is 2.30. The van der Waals surface area contributed by atoms with E-state index in [1.807, 2.05) is 45.0 Å². The Kier molecular flexibility index (Phi) is 3.04. The van der Waals surface area contributed by atoms with E-state index in [-0.39, 0.29) is 11.4 Å². The minimum atomic E-state index is -0.201. The van der Waals surface area contributed by atoms with E-state index in [0.29, 0.717) is 12.5 Å². The summed E-state index contributed by atoms with van der Waals surface area (Å²) in [6, 6.07) is 8.04. The molecule has 1 saturated carbocycles. The van der Waals surface area contributed by atoms with Gasteiger partial charge >= 0.3 is 0 Å². The highest BCUT2D eigenvalue weighted by Crippen LogP contribution is 2.40. The number of imidazole rings is 1. The molecule has 1 N–H and O–H groups in total. The third-order valence-corrected chi connectivity index (χ3v) is 3.44. The second kappa shape index (κ2) is 4.62. The van der Waals surface area contributed by atoms with Crippen LogP contribution in [0.25, 0.3) is 11.0 Å². The molecule has 1 aromatic heterocycles. The normalized spacial score (nSPS) is 15.6. The van der Waals surface area contributed by atoms with Crippen LogP contribution in [0.15, 0.2) is 24.3 Å². The molecule has 2 aromatic rings. The number of aromatic nitrogens is 2. The van der Waals surface area contributed by atoms with Crippen LogP contribution in [-0.2, 0) is 11.3 Å². The van der Waals surface area contributed by atoms with Crippen molar-refractivity contribution < 1.29 is 4.79 Å². The zero-order valence-electron chi connectivity index (χ0n) is 12.3. The van der Waals surface area contributed by atoms with E-state index >= 15 is 0 Å². The minimum Gasteiger partial charge on any atom is -0.350 e. The molecule has 0 unspecified atom stereocenters. The van der Waals surface area contributed by atoms with Crippen molar-refractivity contribution >= 4 is 16.9 Å². The number of hydrogen-bond donors (Lipinski definition) is 1. The lowest BCUT2D eigenvalue weighted by Gasteiger charge is -2.21. The van der Waals surface area contributed by atoms with Crippen LogP contribution in [0.3, 0.4) is 0 Å². The standard InChI is InChI=1S/C16H21N3O/c1-16(2,3)18-14(20)10-19-13-7-5-4-6-12(13)17-15(19)11-8-9-11/h4-7,11H,8-10H2,1-3H3,(H,18,20). The highest BCUT2D eigenvalue weighted by molar-refractivity contribution is 5.81. The molecule has 4 heteroatoms. The first-order chi connectivity index (χ1) is 9.44. The Morgan fingerprint density at radius 1 is 1.35 bits per heavy atom. The first kappa shape index (κ1) is 13.2. The summed E-state index contributed by atoms with van der Waals surface area (Å²) >= 11 is 0. The SMILES string of the molecule is CC(C)(C)NC(=O)Cn1c(C2CC2)nc2ccccc21. The molecule has 1 aliphatic carbocycles. The Bertz CT molecular complexity index is 647. The molecule has 1 amide bonds. The van der Waals surface area contributed by atoms with E-state index in [1.54, 1.807) is 0 Å². The van der Waals surface area contributed by atoms with Crippen molar-refractivity contribution in [2.24, 2.45) is 0 Å². The summed E-state index contributed by atoms with van der Waals surface area (Å²) in [5, 5.41) is 3.02. The maximum atomic E-state index is 12.2. The quantitative estimate of drug-likeness (QED) is 0.933. The van der Waals surface area contributed by atoms with Crippen LogP contribution < -0.4 is 5.32 Å². The largest absolute Gasteiger partial charge is 0.350 e. The number of nitrogens with zero attached hydrogens (tertiary/aromatic N) is 2. The molecule has 0 saturated heterocycles. The summed E-state index contributed by atoms with van der Waals surface area (Å²) in [6.45, 7) is 6.35. The van der Waals surface area contributed by atoms with Crippen LogP contribution in [0.5, 0.6) is 0 Å². The van der Waals surface area contributed by atoms with Crippen molar-refractivity contribution in [3.63, 3.8) is 0 Å². The molecule has 1 fully saturated rings. The summed E-state index contributed by atoms with van der Waals surface area (Å²) in [5.74, 6) is 1.64. The van der Waals surface area contributed by atoms with Gasteiger partial charge in [0.15, 0.2) is 0 Å². The number of hydrogen-bond acceptors (Lipinski definition) is 2. The first-order valence-electron chi connectivity index (χ1n) is 7.20. The molecule has 106 valence electrons. The molecule has 20 heavy (non-hydrogen) atoms. The third-order valence-electron chi connectivity index (χ3n) is 3.44. The van der Waals surface area contributed by atoms with Gasteiger partial charge < -0.3 is 9.88 Å². The fraction of sp³-hybridized carbons (Fsp3) is 0.500. The van der Waals surface area contributed by atoms with Crippen molar-refractivity contribution in [2.75, 3.05) is 0 Å². The number of rotatable bonds is 3. The van der Waals surface area contributed by atoms with E-state index in [4.69, 9.17) is 4.98 Å². The first-order valence-corrected chi connectivity index (χ1v) is 7.20. The average molecular weight is 271 g/mol. The molecule has 0 aliphatic heterocycles. The van der Waals surface area contributed by atoms with Gasteiger partial charge in [0.2, 0.25) is 5.91 Å². The molecule has 0 spiro atoms. The molecule has 1 aromatic carbocycles. The lowest BCUT2D eigenvalue weighted by atomic mass is 10.1. The lowest BCUT2D eigenvalue weighted by Crippen LogP contribution is -2.42. The Morgan fingerprint density at radius 2 is 2.05 bits per heavy atom. The molecule has 4 nitrogen and oxygen atoms in total. The number of carbonyl (C=O) groups excluding carboxylic acids is 1. The van der Waals surface area contributed by atoms with E-state index in [1.165, 1.54) is 12.8 Å². The zero-order chi connectivity index (χ0) is 14.3. The maximum Gasteiger partial charge on any atom is 0.240 e. The number of amides is 1. The monoisotopic (exact) mass is 271 g/mol. The predicted octanol–water partition coefficient (Wildman–Crippen LogP) is 2.83. The zero-order valence-corrected chi connectivity index (χ0v) is 12.3. The van der Waals surface area contributed by atoms with Gasteiger partial charge in [-0.05, 0) is 45.7 Å². The number of benzene rings is 1. The minimum absolute atomic E-state index is 0.0440. The Labute approximate surface area is 119 Å². The summed E-state index contributed by atoms with van der Waals surface area (Å²) in [6.07, 6.45) is 2.37. The smallest absolute Gasteiger partial charge is 0.240 e. The number of nitrogens with one attached hydrogen (secondary N) is 1. The van der Waals surface area contributed by atoms with E-state index in [2.05, 4.69) is 9.88 Å². The van der Waals surface area contributed by atoms with Crippen LogP contribution in [0.2, 0.25) is 0 Å². The molecule has 0 atom stereocenters. The second-order valence-corrected chi connectivity index (χ2v) is 6.62. The van der Waals surface area contributed by atoms with Gasteiger partial charge in [0.05, 0.1) is 11.0 Å². The fourth-order valence-corrected chi connectivity index (χ4v) is 2.51. The Balaban J connectivity index is 1.93. The van der Waals surface area contributed by atoms with Crippen LogP contribution >= 0.6 is 0 Å². The van der Waals surface area contributed by atoms with Crippen molar-refractivity contribution in [3.05, 3.63) is 30.1 Å². The summed E-state index contributed by atoms with van der Waals surface area (Å²) in [5.41, 5.74) is 1.84. The van der Waals surface area contributed by atoms with Gasteiger partial charge in [0.25, 0.3) is 0 Å². The van der Waals surface area contributed by atoms with Crippen LogP contribution in [0.4, 0.5) is 0 Å². The molecule has 3 rings (SSSR count). The Hall–Kier alpha value is -1.84.